The van der Waals surface area contributed by atoms with Crippen molar-refractivity contribution in [3.63, 3.8) is 0 Å². The number of carbonyl (C=O) groups excluding carboxylic acids is 1. The minimum atomic E-state index is -0.0299. The lowest BCUT2D eigenvalue weighted by Gasteiger charge is -2.08. The fourth-order valence-corrected chi connectivity index (χ4v) is 3.34. The van der Waals surface area contributed by atoms with Gasteiger partial charge in [0.15, 0.2) is 0 Å². The second-order valence-corrected chi connectivity index (χ2v) is 6.15. The molecule has 0 aliphatic heterocycles. The van der Waals surface area contributed by atoms with Crippen LogP contribution in [0.15, 0.2) is 42.6 Å². The number of aromatic nitrogens is 2. The first-order valence-corrected chi connectivity index (χ1v) is 8.15. The SMILES string of the molecule is O=C(/C=C/c1cc2c(cn1)[nH]c1ccccc12)NC1CCCC1. The molecular formula is C19H19N3O. The predicted octanol–water partition coefficient (Wildman–Crippen LogP) is 3.79. The topological polar surface area (TPSA) is 57.8 Å². The number of hydrogen-bond acceptors (Lipinski definition) is 2. The number of nitrogens with zero attached hydrogens (tertiary/aromatic N) is 1. The Morgan fingerprint density at radius 2 is 2.00 bits per heavy atom. The van der Waals surface area contributed by atoms with Crippen LogP contribution in [0.1, 0.15) is 31.4 Å². The van der Waals surface area contributed by atoms with E-state index in [0.717, 1.165) is 35.0 Å². The van der Waals surface area contributed by atoms with Crippen molar-refractivity contribution >= 4 is 33.8 Å². The van der Waals surface area contributed by atoms with E-state index in [9.17, 15) is 4.79 Å². The summed E-state index contributed by atoms with van der Waals surface area (Å²) in [4.78, 5) is 19.7. The summed E-state index contributed by atoms with van der Waals surface area (Å²) in [5.74, 6) is -0.0299. The molecule has 0 bridgehead atoms. The maximum Gasteiger partial charge on any atom is 0.244 e. The van der Waals surface area contributed by atoms with Gasteiger partial charge in [-0.25, -0.2) is 0 Å². The number of amides is 1. The standard InChI is InChI=1S/C19H19N3O/c23-19(21-13-5-1-2-6-13)10-9-14-11-16-15-7-3-4-8-17(15)22-18(16)12-20-14/h3-4,7-13,22H,1-2,5-6H2,(H,21,23)/b10-9+. The van der Waals surface area contributed by atoms with Gasteiger partial charge in [0.25, 0.3) is 0 Å². The zero-order valence-electron chi connectivity index (χ0n) is 12.9. The highest BCUT2D eigenvalue weighted by atomic mass is 16.1. The number of H-pyrrole nitrogens is 1. The van der Waals surface area contributed by atoms with Crippen molar-refractivity contribution in [2.45, 2.75) is 31.7 Å². The first-order chi connectivity index (χ1) is 11.3. The molecule has 0 saturated heterocycles. The Morgan fingerprint density at radius 1 is 1.17 bits per heavy atom. The van der Waals surface area contributed by atoms with Crippen LogP contribution >= 0.6 is 0 Å². The smallest absolute Gasteiger partial charge is 0.244 e. The molecule has 116 valence electrons. The monoisotopic (exact) mass is 305 g/mol. The van der Waals surface area contributed by atoms with E-state index >= 15 is 0 Å². The van der Waals surface area contributed by atoms with Crippen molar-refractivity contribution in [1.82, 2.24) is 15.3 Å². The van der Waals surface area contributed by atoms with Crippen LogP contribution in [-0.2, 0) is 4.79 Å². The highest BCUT2D eigenvalue weighted by Crippen LogP contribution is 2.25. The van der Waals surface area contributed by atoms with Crippen molar-refractivity contribution in [3.05, 3.63) is 48.3 Å². The maximum atomic E-state index is 12.0. The summed E-state index contributed by atoms with van der Waals surface area (Å²) < 4.78 is 0. The molecule has 1 amide bonds. The van der Waals surface area contributed by atoms with Gasteiger partial charge in [-0.3, -0.25) is 9.78 Å². The molecular weight excluding hydrogens is 286 g/mol. The Kier molecular flexibility index (Phi) is 3.58. The Bertz CT molecular complexity index is 888. The molecule has 1 saturated carbocycles. The average Bonchev–Trinajstić information content (AvgIpc) is 3.20. The Labute approximate surface area is 134 Å². The quantitative estimate of drug-likeness (QED) is 0.723. The molecule has 3 aromatic rings. The van der Waals surface area contributed by atoms with Crippen molar-refractivity contribution in [2.75, 3.05) is 0 Å². The van der Waals surface area contributed by atoms with Gasteiger partial charge in [0, 0.05) is 28.4 Å². The molecule has 4 nitrogen and oxygen atoms in total. The second kappa shape index (κ2) is 5.88. The van der Waals surface area contributed by atoms with E-state index in [1.54, 1.807) is 12.2 Å². The third-order valence-electron chi connectivity index (χ3n) is 4.52. The fourth-order valence-electron chi connectivity index (χ4n) is 3.34. The lowest BCUT2D eigenvalue weighted by Crippen LogP contribution is -2.30. The third kappa shape index (κ3) is 2.84. The first kappa shape index (κ1) is 14.0. The van der Waals surface area contributed by atoms with E-state index in [1.807, 2.05) is 24.4 Å². The lowest BCUT2D eigenvalue weighted by molar-refractivity contribution is -0.117. The van der Waals surface area contributed by atoms with E-state index in [4.69, 9.17) is 0 Å². The van der Waals surface area contributed by atoms with Crippen LogP contribution in [-0.4, -0.2) is 21.9 Å². The number of nitrogens with one attached hydrogen (secondary N) is 2. The molecule has 0 atom stereocenters. The van der Waals surface area contributed by atoms with Gasteiger partial charge >= 0.3 is 0 Å². The van der Waals surface area contributed by atoms with E-state index in [-0.39, 0.29) is 5.91 Å². The highest BCUT2D eigenvalue weighted by molar-refractivity contribution is 6.07. The number of rotatable bonds is 3. The van der Waals surface area contributed by atoms with Gasteiger partial charge in [-0.15, -0.1) is 0 Å². The maximum absolute atomic E-state index is 12.0. The number of benzene rings is 1. The normalized spacial score (nSPS) is 15.8. The second-order valence-electron chi connectivity index (χ2n) is 6.15. The van der Waals surface area contributed by atoms with Crippen LogP contribution in [0.2, 0.25) is 0 Å². The number of pyridine rings is 1. The molecule has 0 spiro atoms. The van der Waals surface area contributed by atoms with E-state index in [2.05, 4.69) is 27.4 Å². The molecule has 23 heavy (non-hydrogen) atoms. The summed E-state index contributed by atoms with van der Waals surface area (Å²) in [5, 5.41) is 5.36. The zero-order chi connectivity index (χ0) is 15.6. The number of para-hydroxylation sites is 1. The number of aromatic amines is 1. The van der Waals surface area contributed by atoms with Crippen molar-refractivity contribution < 1.29 is 4.79 Å². The van der Waals surface area contributed by atoms with Crippen LogP contribution in [0.25, 0.3) is 27.9 Å². The fraction of sp³-hybridized carbons (Fsp3) is 0.263. The molecule has 1 aliphatic carbocycles. The Hall–Kier alpha value is -2.62. The lowest BCUT2D eigenvalue weighted by atomic mass is 10.1. The minimum Gasteiger partial charge on any atom is -0.353 e. The number of hydrogen-bond donors (Lipinski definition) is 2. The molecule has 1 aromatic carbocycles. The van der Waals surface area contributed by atoms with E-state index in [0.29, 0.717) is 6.04 Å². The molecule has 0 radical (unpaired) electrons. The summed E-state index contributed by atoms with van der Waals surface area (Å²) >= 11 is 0. The summed E-state index contributed by atoms with van der Waals surface area (Å²) in [7, 11) is 0. The molecule has 1 fully saturated rings. The van der Waals surface area contributed by atoms with Gasteiger partial charge in [0.1, 0.15) is 0 Å². The first-order valence-electron chi connectivity index (χ1n) is 8.15. The van der Waals surface area contributed by atoms with Gasteiger partial charge in [-0.1, -0.05) is 31.0 Å². The predicted molar refractivity (Wildman–Crippen MR) is 93.0 cm³/mol. The average molecular weight is 305 g/mol. The summed E-state index contributed by atoms with van der Waals surface area (Å²) in [6, 6.07) is 10.6. The molecule has 2 heterocycles. The van der Waals surface area contributed by atoms with Crippen LogP contribution < -0.4 is 5.32 Å². The zero-order valence-corrected chi connectivity index (χ0v) is 12.9. The van der Waals surface area contributed by atoms with Crippen molar-refractivity contribution in [3.8, 4) is 0 Å². The largest absolute Gasteiger partial charge is 0.353 e. The van der Waals surface area contributed by atoms with Gasteiger partial charge in [-0.2, -0.15) is 0 Å². The van der Waals surface area contributed by atoms with Crippen LogP contribution in [0.4, 0.5) is 0 Å². The van der Waals surface area contributed by atoms with Gasteiger partial charge in [0.2, 0.25) is 5.91 Å². The molecule has 0 unspecified atom stereocenters. The van der Waals surface area contributed by atoms with E-state index in [1.165, 1.54) is 18.2 Å². The molecule has 1 aliphatic rings. The Balaban J connectivity index is 1.57. The molecule has 2 aromatic heterocycles. The summed E-state index contributed by atoms with van der Waals surface area (Å²) in [6.45, 7) is 0. The van der Waals surface area contributed by atoms with Crippen LogP contribution in [0, 0.1) is 0 Å². The minimum absolute atomic E-state index is 0.0299. The molecule has 4 heteroatoms. The van der Waals surface area contributed by atoms with Crippen molar-refractivity contribution in [2.24, 2.45) is 0 Å². The highest BCUT2D eigenvalue weighted by Gasteiger charge is 2.15. The summed E-state index contributed by atoms with van der Waals surface area (Å²) in [6.07, 6.45) is 9.82. The molecule has 2 N–H and O–H groups in total. The van der Waals surface area contributed by atoms with Gasteiger partial charge in [0.05, 0.1) is 17.4 Å². The number of carbonyl (C=O) groups is 1. The third-order valence-corrected chi connectivity index (χ3v) is 4.52. The van der Waals surface area contributed by atoms with Gasteiger partial charge in [-0.05, 0) is 31.1 Å². The van der Waals surface area contributed by atoms with Crippen LogP contribution in [0.5, 0.6) is 0 Å². The van der Waals surface area contributed by atoms with Crippen molar-refractivity contribution in [1.29, 1.82) is 0 Å². The molecule has 4 rings (SSSR count). The summed E-state index contributed by atoms with van der Waals surface area (Å²) in [5.41, 5.74) is 2.91. The van der Waals surface area contributed by atoms with Gasteiger partial charge < -0.3 is 10.3 Å². The van der Waals surface area contributed by atoms with E-state index < -0.39 is 0 Å². The van der Waals surface area contributed by atoms with Crippen LogP contribution in [0.3, 0.4) is 0 Å². The number of fused-ring (bicyclic) bond motifs is 3. The Morgan fingerprint density at radius 3 is 2.87 bits per heavy atom.